The van der Waals surface area contributed by atoms with Gasteiger partial charge in [0.05, 0.1) is 9.79 Å². The van der Waals surface area contributed by atoms with Gasteiger partial charge in [-0.15, -0.1) is 0 Å². The van der Waals surface area contributed by atoms with E-state index in [1.807, 2.05) is 6.92 Å². The fourth-order valence-electron chi connectivity index (χ4n) is 3.90. The average molecular weight is 465 g/mol. The summed E-state index contributed by atoms with van der Waals surface area (Å²) in [5, 5.41) is 2.69. The van der Waals surface area contributed by atoms with Crippen molar-refractivity contribution in [2.45, 2.75) is 54.9 Å². The number of carbonyl (C=O) groups is 1. The number of hydrogen-bond acceptors (Lipinski definition) is 5. The number of sulfonamides is 1. The van der Waals surface area contributed by atoms with Gasteiger partial charge in [-0.25, -0.2) is 16.8 Å². The summed E-state index contributed by atoms with van der Waals surface area (Å²) < 4.78 is 50.9. The van der Waals surface area contributed by atoms with Crippen LogP contribution in [0, 0.1) is 0 Å². The summed E-state index contributed by atoms with van der Waals surface area (Å²) in [6.45, 7) is 2.27. The topological polar surface area (TPSA) is 101 Å². The molecule has 0 heterocycles. The molecule has 2 aromatic carbocycles. The van der Waals surface area contributed by atoms with Gasteiger partial charge in [0.2, 0.25) is 10.0 Å². The van der Waals surface area contributed by atoms with Crippen LogP contribution in [0.25, 0.3) is 0 Å². The van der Waals surface area contributed by atoms with Gasteiger partial charge in [0.1, 0.15) is 0 Å². The number of carbonyl (C=O) groups excluding carboxylic acids is 1. The Morgan fingerprint density at radius 3 is 1.97 bits per heavy atom. The first-order valence-corrected chi connectivity index (χ1v) is 13.7. The zero-order valence-corrected chi connectivity index (χ0v) is 19.4. The smallest absolute Gasteiger partial charge is 0.255 e. The van der Waals surface area contributed by atoms with E-state index in [4.69, 9.17) is 0 Å². The summed E-state index contributed by atoms with van der Waals surface area (Å²) in [5.41, 5.74) is 0.760. The number of rotatable bonds is 7. The SMILES string of the molecule is CCN(C1CCCCC1)S(=O)(=O)c1ccc(C(=O)Nc2ccc(S(C)(=O)=O)cc2)cc1. The first-order valence-electron chi connectivity index (χ1n) is 10.4. The van der Waals surface area contributed by atoms with Crippen molar-refractivity contribution in [3.8, 4) is 0 Å². The second-order valence-electron chi connectivity index (χ2n) is 7.78. The highest BCUT2D eigenvalue weighted by molar-refractivity contribution is 7.90. The Labute approximate surface area is 184 Å². The minimum Gasteiger partial charge on any atom is -0.322 e. The number of nitrogens with one attached hydrogen (secondary N) is 1. The minimum absolute atomic E-state index is 0.0293. The summed E-state index contributed by atoms with van der Waals surface area (Å²) in [6, 6.07) is 11.8. The molecule has 3 rings (SSSR count). The molecule has 7 nitrogen and oxygen atoms in total. The van der Waals surface area contributed by atoms with Crippen molar-refractivity contribution in [3.05, 3.63) is 54.1 Å². The second kappa shape index (κ2) is 9.50. The standard InChI is InChI=1S/C22H28N2O5S2/c1-3-24(19-7-5-4-6-8-19)31(28,29)21-13-9-17(10-14-21)22(25)23-18-11-15-20(16-12-18)30(2,26)27/h9-16,19H,3-8H2,1-2H3,(H,23,25). The molecule has 1 fully saturated rings. The Kier molecular flexibility index (Phi) is 7.18. The molecule has 0 aromatic heterocycles. The molecule has 1 aliphatic rings. The van der Waals surface area contributed by atoms with Gasteiger partial charge in [-0.2, -0.15) is 4.31 Å². The lowest BCUT2D eigenvalue weighted by Crippen LogP contribution is -2.41. The molecule has 1 amide bonds. The first-order chi connectivity index (χ1) is 14.6. The molecule has 0 atom stereocenters. The number of benzene rings is 2. The maximum Gasteiger partial charge on any atom is 0.255 e. The average Bonchev–Trinajstić information content (AvgIpc) is 2.74. The predicted octanol–water partition coefficient (Wildman–Crippen LogP) is 3.69. The zero-order chi connectivity index (χ0) is 22.6. The lowest BCUT2D eigenvalue weighted by Gasteiger charge is -2.32. The number of hydrogen-bond donors (Lipinski definition) is 1. The molecule has 0 unspecified atom stereocenters. The Bertz CT molecular complexity index is 1120. The Balaban J connectivity index is 1.73. The van der Waals surface area contributed by atoms with Crippen LogP contribution in [-0.2, 0) is 19.9 Å². The van der Waals surface area contributed by atoms with Crippen molar-refractivity contribution < 1.29 is 21.6 Å². The number of sulfone groups is 1. The van der Waals surface area contributed by atoms with Crippen LogP contribution in [0.1, 0.15) is 49.4 Å². The van der Waals surface area contributed by atoms with Gasteiger partial charge < -0.3 is 5.32 Å². The van der Waals surface area contributed by atoms with Gasteiger partial charge in [0.15, 0.2) is 9.84 Å². The van der Waals surface area contributed by atoms with E-state index in [1.165, 1.54) is 48.5 Å². The van der Waals surface area contributed by atoms with Crippen LogP contribution in [0.4, 0.5) is 5.69 Å². The van der Waals surface area contributed by atoms with Crippen molar-refractivity contribution >= 4 is 31.5 Å². The largest absolute Gasteiger partial charge is 0.322 e. The van der Waals surface area contributed by atoms with Crippen LogP contribution in [0.5, 0.6) is 0 Å². The van der Waals surface area contributed by atoms with Crippen LogP contribution < -0.4 is 5.32 Å². The van der Waals surface area contributed by atoms with Gasteiger partial charge in [-0.05, 0) is 61.4 Å². The highest BCUT2D eigenvalue weighted by atomic mass is 32.2. The molecular formula is C22H28N2O5S2. The van der Waals surface area contributed by atoms with Crippen molar-refractivity contribution in [2.75, 3.05) is 18.1 Å². The summed E-state index contributed by atoms with van der Waals surface area (Å²) in [5.74, 6) is -0.407. The molecule has 1 aliphatic carbocycles. The molecule has 0 radical (unpaired) electrons. The zero-order valence-electron chi connectivity index (χ0n) is 17.7. The van der Waals surface area contributed by atoms with Crippen molar-refractivity contribution in [1.82, 2.24) is 4.31 Å². The van der Waals surface area contributed by atoms with Crippen LogP contribution >= 0.6 is 0 Å². The first kappa shape index (κ1) is 23.4. The lowest BCUT2D eigenvalue weighted by molar-refractivity contribution is 0.102. The lowest BCUT2D eigenvalue weighted by atomic mass is 9.95. The van der Waals surface area contributed by atoms with E-state index < -0.39 is 25.8 Å². The van der Waals surface area contributed by atoms with Gasteiger partial charge in [0.25, 0.3) is 5.91 Å². The van der Waals surface area contributed by atoms with Crippen LogP contribution in [0.15, 0.2) is 58.3 Å². The third kappa shape index (κ3) is 5.53. The molecule has 0 saturated heterocycles. The molecule has 0 spiro atoms. The van der Waals surface area contributed by atoms with E-state index in [9.17, 15) is 21.6 Å². The minimum atomic E-state index is -3.63. The molecule has 9 heteroatoms. The Morgan fingerprint density at radius 2 is 1.45 bits per heavy atom. The van der Waals surface area contributed by atoms with E-state index in [-0.39, 0.29) is 15.8 Å². The van der Waals surface area contributed by atoms with Gasteiger partial charge in [0, 0.05) is 30.1 Å². The Hall–Kier alpha value is -2.23. The van der Waals surface area contributed by atoms with E-state index in [0.29, 0.717) is 17.8 Å². The van der Waals surface area contributed by atoms with E-state index in [1.54, 1.807) is 4.31 Å². The van der Waals surface area contributed by atoms with E-state index in [0.717, 1.165) is 38.4 Å². The molecule has 0 bridgehead atoms. The summed E-state index contributed by atoms with van der Waals surface area (Å²) in [7, 11) is -6.94. The predicted molar refractivity (Wildman–Crippen MR) is 120 cm³/mol. The fourth-order valence-corrected chi connectivity index (χ4v) is 6.22. The van der Waals surface area contributed by atoms with Crippen molar-refractivity contribution in [2.24, 2.45) is 0 Å². The van der Waals surface area contributed by atoms with Gasteiger partial charge >= 0.3 is 0 Å². The highest BCUT2D eigenvalue weighted by Gasteiger charge is 2.31. The third-order valence-corrected chi connectivity index (χ3v) is 8.73. The number of nitrogens with zero attached hydrogens (tertiary/aromatic N) is 1. The second-order valence-corrected chi connectivity index (χ2v) is 11.7. The summed E-state index contributed by atoms with van der Waals surface area (Å²) in [4.78, 5) is 12.8. The third-order valence-electron chi connectivity index (χ3n) is 5.56. The molecule has 1 N–H and O–H groups in total. The number of anilines is 1. The molecule has 168 valence electrons. The van der Waals surface area contributed by atoms with Crippen molar-refractivity contribution in [3.63, 3.8) is 0 Å². The van der Waals surface area contributed by atoms with Crippen LogP contribution in [0.3, 0.4) is 0 Å². The van der Waals surface area contributed by atoms with E-state index >= 15 is 0 Å². The maximum atomic E-state index is 13.1. The maximum absolute atomic E-state index is 13.1. The monoisotopic (exact) mass is 464 g/mol. The van der Waals surface area contributed by atoms with E-state index in [2.05, 4.69) is 5.32 Å². The van der Waals surface area contributed by atoms with Crippen LogP contribution in [-0.4, -0.2) is 45.9 Å². The Morgan fingerprint density at radius 1 is 0.903 bits per heavy atom. The van der Waals surface area contributed by atoms with Gasteiger partial charge in [-0.1, -0.05) is 26.2 Å². The molecule has 0 aliphatic heterocycles. The normalized spacial score (nSPS) is 15.7. The number of amides is 1. The van der Waals surface area contributed by atoms with Crippen LogP contribution in [0.2, 0.25) is 0 Å². The van der Waals surface area contributed by atoms with Gasteiger partial charge in [-0.3, -0.25) is 4.79 Å². The quantitative estimate of drug-likeness (QED) is 0.674. The van der Waals surface area contributed by atoms with Crippen molar-refractivity contribution in [1.29, 1.82) is 0 Å². The summed E-state index contributed by atoms with van der Waals surface area (Å²) in [6.07, 6.45) is 6.11. The highest BCUT2D eigenvalue weighted by Crippen LogP contribution is 2.28. The molecule has 2 aromatic rings. The fraction of sp³-hybridized carbons (Fsp3) is 0.409. The molecular weight excluding hydrogens is 436 g/mol. The molecule has 1 saturated carbocycles. The summed E-state index contributed by atoms with van der Waals surface area (Å²) >= 11 is 0. The molecule has 31 heavy (non-hydrogen) atoms.